The van der Waals surface area contributed by atoms with Crippen LogP contribution in [-0.4, -0.2) is 24.6 Å². The van der Waals surface area contributed by atoms with Crippen LogP contribution in [0.25, 0.3) is 17.1 Å². The van der Waals surface area contributed by atoms with Gasteiger partial charge < -0.3 is 10.6 Å². The Morgan fingerprint density at radius 3 is 2.06 bits per heavy atom. The van der Waals surface area contributed by atoms with Crippen molar-refractivity contribution in [3.63, 3.8) is 0 Å². The molecule has 4 rings (SSSR count). The summed E-state index contributed by atoms with van der Waals surface area (Å²) in [6.45, 7) is 0. The molecular formula is C22H14Cl2N6O2S2. The number of nitro groups is 1. The van der Waals surface area contributed by atoms with Crippen LogP contribution in [0.3, 0.4) is 0 Å². The maximum absolute atomic E-state index is 11.0. The van der Waals surface area contributed by atoms with Crippen molar-refractivity contribution >= 4 is 70.1 Å². The first-order valence-corrected chi connectivity index (χ1v) is 11.2. The van der Waals surface area contributed by atoms with Gasteiger partial charge in [0.05, 0.1) is 10.6 Å². The number of anilines is 2. The minimum atomic E-state index is -0.476. The highest BCUT2D eigenvalue weighted by Gasteiger charge is 2.14. The van der Waals surface area contributed by atoms with Crippen LogP contribution in [-0.2, 0) is 0 Å². The molecule has 12 heteroatoms. The van der Waals surface area contributed by atoms with E-state index in [-0.39, 0.29) is 21.4 Å². The van der Waals surface area contributed by atoms with Crippen molar-refractivity contribution in [2.75, 3.05) is 10.6 Å². The van der Waals surface area contributed by atoms with Gasteiger partial charge in [0.15, 0.2) is 10.9 Å². The Labute approximate surface area is 214 Å². The molecule has 170 valence electrons. The maximum atomic E-state index is 11.0. The van der Waals surface area contributed by atoms with Gasteiger partial charge in [-0.15, -0.1) is 0 Å². The summed E-state index contributed by atoms with van der Waals surface area (Å²) in [5.74, 6) is 0.573. The van der Waals surface area contributed by atoms with E-state index in [1.54, 1.807) is 65.2 Å². The van der Waals surface area contributed by atoms with Crippen molar-refractivity contribution in [2.45, 2.75) is 0 Å². The zero-order chi connectivity index (χ0) is 24.2. The molecule has 2 N–H and O–H groups in total. The van der Waals surface area contributed by atoms with Crippen LogP contribution < -0.4 is 10.6 Å². The third-order valence-corrected chi connectivity index (χ3v) is 5.55. The predicted molar refractivity (Wildman–Crippen MR) is 141 cm³/mol. The van der Waals surface area contributed by atoms with Crippen molar-refractivity contribution in [3.05, 3.63) is 97.7 Å². The van der Waals surface area contributed by atoms with Gasteiger partial charge in [0.2, 0.25) is 10.7 Å². The van der Waals surface area contributed by atoms with Gasteiger partial charge in [-0.1, -0.05) is 23.2 Å². The highest BCUT2D eigenvalue weighted by Crippen LogP contribution is 2.24. The lowest BCUT2D eigenvalue weighted by molar-refractivity contribution is -0.384. The van der Waals surface area contributed by atoms with Crippen LogP contribution in [0.1, 0.15) is 0 Å². The third kappa shape index (κ3) is 5.54. The molecule has 0 aliphatic rings. The molecule has 0 spiro atoms. The summed E-state index contributed by atoms with van der Waals surface area (Å²) in [6, 6.07) is 19.9. The van der Waals surface area contributed by atoms with Crippen LogP contribution in [0, 0.1) is 14.9 Å². The average Bonchev–Trinajstić information content (AvgIpc) is 2.81. The van der Waals surface area contributed by atoms with Crippen LogP contribution in [0.4, 0.5) is 17.3 Å². The van der Waals surface area contributed by atoms with Gasteiger partial charge in [0.1, 0.15) is 0 Å². The number of halogens is 2. The van der Waals surface area contributed by atoms with Crippen LogP contribution in [0.5, 0.6) is 0 Å². The number of benzene rings is 3. The number of nitro benzene ring substituents is 1. The highest BCUT2D eigenvalue weighted by atomic mass is 35.5. The number of nitrogens with zero attached hydrogens (tertiary/aromatic N) is 4. The molecule has 0 unspecified atom stereocenters. The number of non-ortho nitro benzene ring substituents is 1. The Kier molecular flexibility index (Phi) is 7.13. The molecule has 3 aromatic carbocycles. The minimum absolute atomic E-state index is 0.0406. The van der Waals surface area contributed by atoms with Gasteiger partial charge in [-0.05, 0) is 85.1 Å². The summed E-state index contributed by atoms with van der Waals surface area (Å²) in [6.07, 6.45) is 0. The summed E-state index contributed by atoms with van der Waals surface area (Å²) in [5.41, 5.74) is 1.91. The third-order valence-electron chi connectivity index (χ3n) is 4.57. The smallest absolute Gasteiger partial charge is 0.269 e. The quantitative estimate of drug-likeness (QED) is 0.168. The van der Waals surface area contributed by atoms with Gasteiger partial charge in [0, 0.05) is 33.4 Å². The second-order valence-electron chi connectivity index (χ2n) is 6.86. The van der Waals surface area contributed by atoms with Crippen molar-refractivity contribution in [1.82, 2.24) is 14.5 Å². The normalized spacial score (nSPS) is 10.5. The van der Waals surface area contributed by atoms with Crippen molar-refractivity contribution in [1.29, 1.82) is 0 Å². The Morgan fingerprint density at radius 1 is 0.882 bits per heavy atom. The van der Waals surface area contributed by atoms with E-state index in [9.17, 15) is 10.1 Å². The Morgan fingerprint density at radius 2 is 1.47 bits per heavy atom. The molecule has 0 bridgehead atoms. The summed E-state index contributed by atoms with van der Waals surface area (Å²) < 4.78 is 1.80. The molecule has 1 aromatic heterocycles. The number of aromatic nitrogens is 3. The lowest BCUT2D eigenvalue weighted by Gasteiger charge is -2.17. The van der Waals surface area contributed by atoms with Gasteiger partial charge in [-0.25, -0.2) is 0 Å². The maximum Gasteiger partial charge on any atom is 0.269 e. The van der Waals surface area contributed by atoms with E-state index in [4.69, 9.17) is 47.6 Å². The van der Waals surface area contributed by atoms with Gasteiger partial charge in [-0.3, -0.25) is 14.7 Å². The second-order valence-corrected chi connectivity index (χ2v) is 8.50. The topological polar surface area (TPSA) is 97.9 Å². The predicted octanol–water partition coefficient (Wildman–Crippen LogP) is 6.69. The molecule has 8 nitrogen and oxygen atoms in total. The Hall–Kier alpha value is -3.44. The van der Waals surface area contributed by atoms with E-state index >= 15 is 0 Å². The molecule has 0 fully saturated rings. The molecule has 0 atom stereocenters. The molecular weight excluding hydrogens is 515 g/mol. The Balaban J connectivity index is 1.74. The van der Waals surface area contributed by atoms with E-state index < -0.39 is 4.92 Å². The lowest BCUT2D eigenvalue weighted by atomic mass is 10.2. The molecule has 4 aromatic rings. The average molecular weight is 529 g/mol. The number of hydrogen-bond acceptors (Lipinski definition) is 6. The molecule has 0 saturated heterocycles. The molecule has 0 radical (unpaired) electrons. The molecule has 0 aliphatic heterocycles. The van der Waals surface area contributed by atoms with E-state index in [0.717, 1.165) is 5.69 Å². The molecule has 34 heavy (non-hydrogen) atoms. The van der Waals surface area contributed by atoms with Crippen molar-refractivity contribution < 1.29 is 4.92 Å². The highest BCUT2D eigenvalue weighted by molar-refractivity contribution is 7.80. The fraction of sp³-hybridized carbons (Fsp3) is 0. The van der Waals surface area contributed by atoms with Crippen LogP contribution in [0.15, 0.2) is 72.8 Å². The zero-order valence-corrected chi connectivity index (χ0v) is 20.3. The fourth-order valence-electron chi connectivity index (χ4n) is 2.97. The molecule has 0 saturated carbocycles. The molecule has 0 aliphatic carbocycles. The number of nitrogens with one attached hydrogen (secondary N) is 2. The first-order chi connectivity index (χ1) is 16.3. The second kappa shape index (κ2) is 10.2. The lowest BCUT2D eigenvalue weighted by Crippen LogP contribution is -2.23. The molecule has 0 amide bonds. The minimum Gasteiger partial charge on any atom is -0.332 e. The molecule has 1 heterocycles. The van der Waals surface area contributed by atoms with Crippen molar-refractivity contribution in [3.8, 4) is 17.1 Å². The van der Waals surface area contributed by atoms with E-state index in [2.05, 4.69) is 20.6 Å². The largest absolute Gasteiger partial charge is 0.332 e. The van der Waals surface area contributed by atoms with Gasteiger partial charge >= 0.3 is 0 Å². The van der Waals surface area contributed by atoms with Gasteiger partial charge in [0.25, 0.3) is 5.69 Å². The van der Waals surface area contributed by atoms with Crippen molar-refractivity contribution in [2.24, 2.45) is 0 Å². The summed E-state index contributed by atoms with van der Waals surface area (Å²) in [7, 11) is 0. The first kappa shape index (κ1) is 23.7. The standard InChI is InChI=1S/C22H14Cl2N6O2S2/c23-14-3-7-16(8-4-14)25-21(33)28-20-26-19(13-1-9-18(10-2-13)30(31)32)27-22(34)29(20)17-11-5-15(24)6-12-17/h1-12H,(H2,25,26,27,28,33,34). The van der Waals surface area contributed by atoms with Crippen LogP contribution in [0.2, 0.25) is 10.0 Å². The number of hydrogen-bond donors (Lipinski definition) is 2. The Bertz CT molecular complexity index is 1430. The summed E-state index contributed by atoms with van der Waals surface area (Å²) >= 11 is 23.0. The zero-order valence-electron chi connectivity index (χ0n) is 17.1. The first-order valence-electron chi connectivity index (χ1n) is 9.65. The SMILES string of the molecule is O=[N+]([O-])c1ccc(-c2nc(NC(=S)Nc3ccc(Cl)cc3)n(-c3ccc(Cl)cc3)c(=S)n2)cc1. The fourth-order valence-corrected chi connectivity index (χ4v) is 3.71. The monoisotopic (exact) mass is 528 g/mol. The van der Waals surface area contributed by atoms with Gasteiger partial charge in [-0.2, -0.15) is 9.97 Å². The number of rotatable bonds is 5. The summed E-state index contributed by atoms with van der Waals surface area (Å²) in [5, 5.41) is 18.5. The van der Waals surface area contributed by atoms with Crippen LogP contribution >= 0.6 is 47.6 Å². The number of thiocarbonyl (C=S) groups is 1. The van der Waals surface area contributed by atoms with E-state index in [1.165, 1.54) is 12.1 Å². The van der Waals surface area contributed by atoms with E-state index in [0.29, 0.717) is 27.2 Å². The summed E-state index contributed by atoms with van der Waals surface area (Å²) in [4.78, 5) is 19.5. The van der Waals surface area contributed by atoms with E-state index in [1.807, 2.05) is 0 Å².